The zero-order valence-corrected chi connectivity index (χ0v) is 13.5. The van der Waals surface area contributed by atoms with Crippen molar-refractivity contribution in [2.75, 3.05) is 7.11 Å². The Morgan fingerprint density at radius 1 is 1.33 bits per heavy atom. The van der Waals surface area contributed by atoms with E-state index in [1.165, 1.54) is 0 Å². The molecule has 0 aliphatic heterocycles. The normalized spacial score (nSPS) is 15.3. The number of carbonyl (C=O) groups is 1. The summed E-state index contributed by atoms with van der Waals surface area (Å²) in [5.41, 5.74) is 4.73. The molecule has 2 atom stereocenters. The van der Waals surface area contributed by atoms with Crippen LogP contribution in [0.4, 0.5) is 0 Å². The number of primary amides is 1. The van der Waals surface area contributed by atoms with Gasteiger partial charge < -0.3 is 20.5 Å². The molecule has 0 saturated carbocycles. The Balaban J connectivity index is 2.73. The highest BCUT2D eigenvalue weighted by Crippen LogP contribution is 2.22. The lowest BCUT2D eigenvalue weighted by Gasteiger charge is -2.32. The second kappa shape index (κ2) is 7.31. The third-order valence-electron chi connectivity index (χ3n) is 3.23. The van der Waals surface area contributed by atoms with Gasteiger partial charge in [-0.1, -0.05) is 6.07 Å². The van der Waals surface area contributed by atoms with Gasteiger partial charge in [-0.15, -0.1) is 0 Å². The topological polar surface area (TPSA) is 73.6 Å². The van der Waals surface area contributed by atoms with Crippen LogP contribution in [0, 0.1) is 0 Å². The first-order valence-electron chi connectivity index (χ1n) is 7.15. The lowest BCUT2D eigenvalue weighted by atomic mass is 9.93. The fourth-order valence-corrected chi connectivity index (χ4v) is 2.39. The number of amides is 1. The second-order valence-corrected chi connectivity index (χ2v) is 5.81. The van der Waals surface area contributed by atoms with Crippen LogP contribution in [0.25, 0.3) is 0 Å². The molecular formula is C16H26N2O3. The quantitative estimate of drug-likeness (QED) is 0.770. The number of benzene rings is 1. The van der Waals surface area contributed by atoms with E-state index in [1.54, 1.807) is 14.0 Å². The Kier molecular flexibility index (Phi) is 6.03. The van der Waals surface area contributed by atoms with Gasteiger partial charge in [-0.3, -0.25) is 4.79 Å². The smallest absolute Gasteiger partial charge is 0.237 e. The largest absolute Gasteiger partial charge is 0.497 e. The number of nitrogens with one attached hydrogen (secondary N) is 1. The molecule has 0 aromatic heterocycles. The highest BCUT2D eigenvalue weighted by molar-refractivity contribution is 5.84. The highest BCUT2D eigenvalue weighted by atomic mass is 16.5. The summed E-state index contributed by atoms with van der Waals surface area (Å²) in [6.07, 6.45) is 0.318. The van der Waals surface area contributed by atoms with Crippen LogP contribution in [0.2, 0.25) is 0 Å². The van der Waals surface area contributed by atoms with Crippen molar-refractivity contribution in [3.63, 3.8) is 0 Å². The molecule has 0 fully saturated rings. The van der Waals surface area contributed by atoms with Crippen molar-refractivity contribution in [1.29, 1.82) is 0 Å². The molecule has 5 heteroatoms. The van der Waals surface area contributed by atoms with Crippen LogP contribution in [-0.4, -0.2) is 30.7 Å². The third-order valence-corrected chi connectivity index (χ3v) is 3.23. The number of nitrogens with two attached hydrogens (primary N) is 1. The number of carbonyl (C=O) groups excluding carboxylic acids is 1. The number of hydrogen-bond donors (Lipinski definition) is 2. The average molecular weight is 294 g/mol. The minimum Gasteiger partial charge on any atom is -0.497 e. The molecule has 1 rings (SSSR count). The van der Waals surface area contributed by atoms with Crippen LogP contribution in [0.15, 0.2) is 24.3 Å². The van der Waals surface area contributed by atoms with Crippen LogP contribution in [0.3, 0.4) is 0 Å². The van der Waals surface area contributed by atoms with Gasteiger partial charge in [0.2, 0.25) is 5.91 Å². The molecule has 118 valence electrons. The van der Waals surface area contributed by atoms with Crippen molar-refractivity contribution in [2.24, 2.45) is 5.73 Å². The van der Waals surface area contributed by atoms with Gasteiger partial charge in [0.25, 0.3) is 0 Å². The number of hydrogen-bond acceptors (Lipinski definition) is 4. The molecule has 3 N–H and O–H groups in total. The summed E-state index contributed by atoms with van der Waals surface area (Å²) in [6.45, 7) is 7.69. The molecule has 0 radical (unpaired) electrons. The van der Waals surface area contributed by atoms with Crippen molar-refractivity contribution < 1.29 is 14.3 Å². The highest BCUT2D eigenvalue weighted by Gasteiger charge is 2.33. The van der Waals surface area contributed by atoms with Crippen LogP contribution in [0.5, 0.6) is 11.5 Å². The van der Waals surface area contributed by atoms with Crippen molar-refractivity contribution in [3.8, 4) is 11.5 Å². The van der Waals surface area contributed by atoms with Crippen LogP contribution in [-0.2, 0) is 4.79 Å². The first-order valence-corrected chi connectivity index (χ1v) is 7.15. The van der Waals surface area contributed by atoms with Gasteiger partial charge in [0.1, 0.15) is 11.5 Å². The van der Waals surface area contributed by atoms with E-state index in [-0.39, 0.29) is 18.1 Å². The van der Waals surface area contributed by atoms with Crippen LogP contribution >= 0.6 is 0 Å². The maximum Gasteiger partial charge on any atom is 0.237 e. The summed E-state index contributed by atoms with van der Waals surface area (Å²) in [5.74, 6) is 1.06. The summed E-state index contributed by atoms with van der Waals surface area (Å²) >= 11 is 0. The lowest BCUT2D eigenvalue weighted by molar-refractivity contribution is -0.125. The summed E-state index contributed by atoms with van der Waals surface area (Å²) < 4.78 is 11.0. The Hall–Kier alpha value is -1.75. The Bertz CT molecular complexity index is 476. The minimum absolute atomic E-state index is 0.159. The van der Waals surface area contributed by atoms with Crippen molar-refractivity contribution in [2.45, 2.75) is 51.8 Å². The molecular weight excluding hydrogens is 268 g/mol. The van der Waals surface area contributed by atoms with Gasteiger partial charge in [0.15, 0.2) is 0 Å². The van der Waals surface area contributed by atoms with Gasteiger partial charge >= 0.3 is 0 Å². The third kappa shape index (κ3) is 5.27. The van der Waals surface area contributed by atoms with Crippen LogP contribution in [0.1, 0.15) is 34.1 Å². The van der Waals surface area contributed by atoms with E-state index in [1.807, 2.05) is 45.0 Å². The molecule has 0 aliphatic rings. The second-order valence-electron chi connectivity index (χ2n) is 5.81. The molecule has 1 aromatic carbocycles. The number of ether oxygens (including phenoxy) is 2. The molecule has 2 unspecified atom stereocenters. The predicted octanol–water partition coefficient (Wildman–Crippen LogP) is 2.09. The molecule has 1 aromatic rings. The number of rotatable bonds is 8. The molecule has 0 saturated heterocycles. The van der Waals surface area contributed by atoms with Gasteiger partial charge in [-0.05, 0) is 39.8 Å². The summed E-state index contributed by atoms with van der Waals surface area (Å²) in [6, 6.07) is 7.54. The van der Waals surface area contributed by atoms with E-state index in [0.717, 1.165) is 5.75 Å². The maximum atomic E-state index is 11.7. The first-order chi connectivity index (χ1) is 9.76. The molecule has 0 bridgehead atoms. The monoisotopic (exact) mass is 294 g/mol. The van der Waals surface area contributed by atoms with E-state index < -0.39 is 5.54 Å². The van der Waals surface area contributed by atoms with Gasteiger partial charge in [-0.2, -0.15) is 0 Å². The Morgan fingerprint density at radius 3 is 2.48 bits per heavy atom. The zero-order chi connectivity index (χ0) is 16.0. The van der Waals surface area contributed by atoms with E-state index in [9.17, 15) is 4.79 Å². The van der Waals surface area contributed by atoms with Gasteiger partial charge in [0, 0.05) is 18.5 Å². The number of methoxy groups -OCH3 is 1. The van der Waals surface area contributed by atoms with Crippen molar-refractivity contribution in [1.82, 2.24) is 5.32 Å². The Morgan fingerprint density at radius 2 is 1.95 bits per heavy atom. The minimum atomic E-state index is -0.799. The van der Waals surface area contributed by atoms with E-state index in [0.29, 0.717) is 12.2 Å². The van der Waals surface area contributed by atoms with Crippen molar-refractivity contribution in [3.05, 3.63) is 24.3 Å². The predicted molar refractivity (Wildman–Crippen MR) is 83.6 cm³/mol. The first kappa shape index (κ1) is 17.3. The van der Waals surface area contributed by atoms with E-state index in [2.05, 4.69) is 5.32 Å². The summed E-state index contributed by atoms with van der Waals surface area (Å²) in [7, 11) is 1.61. The molecule has 1 amide bonds. The average Bonchev–Trinajstić information content (AvgIpc) is 2.37. The summed E-state index contributed by atoms with van der Waals surface area (Å²) in [5, 5.41) is 3.22. The molecule has 0 aliphatic carbocycles. The van der Waals surface area contributed by atoms with Gasteiger partial charge in [-0.25, -0.2) is 0 Å². The zero-order valence-electron chi connectivity index (χ0n) is 13.5. The Labute approximate surface area is 126 Å². The fourth-order valence-electron chi connectivity index (χ4n) is 2.39. The van der Waals surface area contributed by atoms with Gasteiger partial charge in [0.05, 0.1) is 18.8 Å². The molecule has 0 spiro atoms. The molecule has 0 heterocycles. The fraction of sp³-hybridized carbons (Fsp3) is 0.562. The maximum absolute atomic E-state index is 11.7. The lowest BCUT2D eigenvalue weighted by Crippen LogP contribution is -2.57. The summed E-state index contributed by atoms with van der Waals surface area (Å²) in [4.78, 5) is 11.7. The SMILES string of the molecule is COc1cccc(OC(C)CC(C)(NC(C)C)C(N)=O)c1. The van der Waals surface area contributed by atoms with E-state index in [4.69, 9.17) is 15.2 Å². The van der Waals surface area contributed by atoms with E-state index >= 15 is 0 Å². The molecule has 5 nitrogen and oxygen atoms in total. The van der Waals surface area contributed by atoms with Crippen molar-refractivity contribution >= 4 is 5.91 Å². The molecule has 21 heavy (non-hydrogen) atoms. The standard InChI is InChI=1S/C16H26N2O3/c1-11(2)18-16(4,15(17)19)10-12(3)21-14-8-6-7-13(9-14)20-5/h6-9,11-12,18H,10H2,1-5H3,(H2,17,19). The van der Waals surface area contributed by atoms with Crippen LogP contribution < -0.4 is 20.5 Å².